The van der Waals surface area contributed by atoms with Crippen molar-refractivity contribution in [3.63, 3.8) is 0 Å². The van der Waals surface area contributed by atoms with E-state index in [1.807, 2.05) is 42.5 Å². The molecule has 0 aliphatic heterocycles. The van der Waals surface area contributed by atoms with Gasteiger partial charge in [0.25, 0.3) is 0 Å². The lowest BCUT2D eigenvalue weighted by molar-refractivity contribution is 0.660. The molecule has 0 bridgehead atoms. The van der Waals surface area contributed by atoms with Crippen molar-refractivity contribution in [2.24, 2.45) is 0 Å². The number of nitrogens with zero attached hydrogens (tertiary/aromatic N) is 3. The standard InChI is InChI=1S/C60H37N3O2S/c1-60(2)47-19-6-3-14-39(47)44-31-36(24-27-48(44)60)34-12-9-13-35(30-34)37-25-28-51-46(32-37)55-42(17-10-21-52(55)65-51)58-61-57(38-26-29-50-45(33-38)40-15-4-7-20-49(40)64-50)62-59(63-58)43-18-11-23-54-56(43)41-16-5-8-22-53(41)66-54/h3-33H,1-2H3. The number of thiophene rings is 1. The van der Waals surface area contributed by atoms with E-state index in [1.165, 1.54) is 48.2 Å². The van der Waals surface area contributed by atoms with E-state index in [0.717, 1.165) is 77.1 Å². The van der Waals surface area contributed by atoms with Crippen LogP contribution < -0.4 is 0 Å². The fourth-order valence-electron chi connectivity index (χ4n) is 10.5. The molecule has 14 rings (SSSR count). The molecule has 0 fully saturated rings. The van der Waals surface area contributed by atoms with Gasteiger partial charge in [0.1, 0.15) is 22.3 Å². The Morgan fingerprint density at radius 1 is 0.348 bits per heavy atom. The van der Waals surface area contributed by atoms with Gasteiger partial charge < -0.3 is 8.83 Å². The fourth-order valence-corrected chi connectivity index (χ4v) is 11.7. The molecule has 0 radical (unpaired) electrons. The highest BCUT2D eigenvalue weighted by molar-refractivity contribution is 7.25. The molecular weight excluding hydrogens is 827 g/mol. The Kier molecular flexibility index (Phi) is 7.84. The molecule has 0 spiro atoms. The molecule has 0 atom stereocenters. The number of rotatable bonds is 5. The number of aromatic nitrogens is 3. The van der Waals surface area contributed by atoms with Gasteiger partial charge in [-0.1, -0.05) is 135 Å². The summed E-state index contributed by atoms with van der Waals surface area (Å²) in [6.07, 6.45) is 0. The molecule has 66 heavy (non-hydrogen) atoms. The van der Waals surface area contributed by atoms with E-state index < -0.39 is 0 Å². The third kappa shape index (κ3) is 5.55. The SMILES string of the molecule is CC1(C)c2ccccc2-c2cc(-c3cccc(-c4ccc5oc6cccc(-c7nc(-c8ccc9oc%10ccccc%10c9c8)nc(-c8cccc9sc%10ccccc%10c89)n7)c6c5c4)c3)ccc21. The van der Waals surface area contributed by atoms with Crippen molar-refractivity contribution < 1.29 is 8.83 Å². The van der Waals surface area contributed by atoms with Gasteiger partial charge in [0.2, 0.25) is 0 Å². The summed E-state index contributed by atoms with van der Waals surface area (Å²) in [7, 11) is 0. The van der Waals surface area contributed by atoms with Crippen molar-refractivity contribution in [1.29, 1.82) is 0 Å². The van der Waals surface area contributed by atoms with Crippen LogP contribution in [-0.4, -0.2) is 15.0 Å². The molecule has 0 saturated carbocycles. The van der Waals surface area contributed by atoms with Crippen LogP contribution in [0.2, 0.25) is 0 Å². The first-order valence-corrected chi connectivity index (χ1v) is 23.1. The van der Waals surface area contributed by atoms with Gasteiger partial charge in [-0.3, -0.25) is 0 Å². The van der Waals surface area contributed by atoms with Crippen LogP contribution in [0.15, 0.2) is 197 Å². The third-order valence-electron chi connectivity index (χ3n) is 13.8. The Labute approximate surface area is 383 Å². The molecular formula is C60H37N3O2S. The van der Waals surface area contributed by atoms with Crippen LogP contribution in [0.4, 0.5) is 0 Å². The Morgan fingerprint density at radius 2 is 0.894 bits per heavy atom. The zero-order valence-electron chi connectivity index (χ0n) is 36.0. The van der Waals surface area contributed by atoms with E-state index >= 15 is 0 Å². The van der Waals surface area contributed by atoms with Gasteiger partial charge in [-0.15, -0.1) is 11.3 Å². The lowest BCUT2D eigenvalue weighted by Gasteiger charge is -2.21. The van der Waals surface area contributed by atoms with E-state index in [0.29, 0.717) is 17.5 Å². The summed E-state index contributed by atoms with van der Waals surface area (Å²) in [6.45, 7) is 4.65. The van der Waals surface area contributed by atoms with Crippen molar-refractivity contribution in [3.05, 3.63) is 199 Å². The first-order valence-electron chi connectivity index (χ1n) is 22.3. The molecule has 310 valence electrons. The monoisotopic (exact) mass is 863 g/mol. The highest BCUT2D eigenvalue weighted by atomic mass is 32.1. The molecule has 4 heterocycles. The minimum Gasteiger partial charge on any atom is -0.456 e. The number of hydrogen-bond donors (Lipinski definition) is 0. The molecule has 0 amide bonds. The summed E-state index contributed by atoms with van der Waals surface area (Å²) in [4.78, 5) is 16.0. The average Bonchev–Trinajstić information content (AvgIpc) is 4.11. The molecule has 9 aromatic carbocycles. The smallest absolute Gasteiger partial charge is 0.164 e. The Balaban J connectivity index is 0.938. The molecule has 0 saturated heterocycles. The Hall–Kier alpha value is -8.19. The van der Waals surface area contributed by atoms with Crippen LogP contribution >= 0.6 is 11.3 Å². The van der Waals surface area contributed by atoms with Gasteiger partial charge in [-0.2, -0.15) is 0 Å². The van der Waals surface area contributed by atoms with Crippen molar-refractivity contribution in [2.45, 2.75) is 19.3 Å². The van der Waals surface area contributed by atoms with E-state index in [4.69, 9.17) is 23.8 Å². The van der Waals surface area contributed by atoms with Gasteiger partial charge in [0.15, 0.2) is 17.5 Å². The van der Waals surface area contributed by atoms with Crippen molar-refractivity contribution in [2.75, 3.05) is 0 Å². The molecule has 13 aromatic rings. The predicted molar refractivity (Wildman–Crippen MR) is 272 cm³/mol. The molecule has 5 nitrogen and oxygen atoms in total. The number of furan rings is 2. The van der Waals surface area contributed by atoms with Gasteiger partial charge in [-0.05, 0) is 111 Å². The van der Waals surface area contributed by atoms with Crippen molar-refractivity contribution >= 4 is 75.4 Å². The second kappa shape index (κ2) is 13.9. The predicted octanol–water partition coefficient (Wildman–Crippen LogP) is 16.7. The first kappa shape index (κ1) is 37.2. The van der Waals surface area contributed by atoms with Crippen LogP contribution in [0, 0.1) is 0 Å². The maximum Gasteiger partial charge on any atom is 0.164 e. The summed E-state index contributed by atoms with van der Waals surface area (Å²) in [5, 5.41) is 6.36. The normalized spacial score (nSPS) is 13.1. The van der Waals surface area contributed by atoms with Gasteiger partial charge in [0, 0.05) is 63.8 Å². The molecule has 0 N–H and O–H groups in total. The van der Waals surface area contributed by atoms with Crippen LogP contribution in [0.25, 0.3) is 132 Å². The van der Waals surface area contributed by atoms with Crippen molar-refractivity contribution in [1.82, 2.24) is 15.0 Å². The minimum atomic E-state index is -0.0325. The van der Waals surface area contributed by atoms with Crippen LogP contribution in [0.3, 0.4) is 0 Å². The van der Waals surface area contributed by atoms with Crippen LogP contribution in [0.1, 0.15) is 25.0 Å². The Morgan fingerprint density at radius 3 is 1.76 bits per heavy atom. The first-order chi connectivity index (χ1) is 32.4. The summed E-state index contributed by atoms with van der Waals surface area (Å²) in [5.74, 6) is 1.77. The lowest BCUT2D eigenvalue weighted by Crippen LogP contribution is -2.14. The van der Waals surface area contributed by atoms with Crippen molar-refractivity contribution in [3.8, 4) is 67.5 Å². The molecule has 1 aliphatic carbocycles. The minimum absolute atomic E-state index is 0.0325. The largest absolute Gasteiger partial charge is 0.456 e. The summed E-state index contributed by atoms with van der Waals surface area (Å²) in [5.41, 5.74) is 15.9. The molecule has 1 aliphatic rings. The van der Waals surface area contributed by atoms with E-state index in [2.05, 4.69) is 159 Å². The fraction of sp³-hybridized carbons (Fsp3) is 0.0500. The molecule has 6 heteroatoms. The number of fused-ring (bicyclic) bond motifs is 12. The second-order valence-corrected chi connectivity index (χ2v) is 19.0. The van der Waals surface area contributed by atoms with Gasteiger partial charge in [0.05, 0.1) is 0 Å². The van der Waals surface area contributed by atoms with E-state index in [9.17, 15) is 0 Å². The Bertz CT molecular complexity index is 4170. The summed E-state index contributed by atoms with van der Waals surface area (Å²) < 4.78 is 15.3. The zero-order chi connectivity index (χ0) is 43.7. The van der Waals surface area contributed by atoms with E-state index in [1.54, 1.807) is 11.3 Å². The van der Waals surface area contributed by atoms with Gasteiger partial charge >= 0.3 is 0 Å². The second-order valence-electron chi connectivity index (χ2n) is 17.9. The van der Waals surface area contributed by atoms with Crippen LogP contribution in [0.5, 0.6) is 0 Å². The number of benzene rings is 9. The summed E-state index contributed by atoms with van der Waals surface area (Å²) in [6, 6.07) is 66.7. The number of para-hydroxylation sites is 1. The maximum atomic E-state index is 6.61. The quantitative estimate of drug-likeness (QED) is 0.172. The molecule has 4 aromatic heterocycles. The van der Waals surface area contributed by atoms with E-state index in [-0.39, 0.29) is 5.41 Å². The highest BCUT2D eigenvalue weighted by Gasteiger charge is 2.35. The average molecular weight is 864 g/mol. The summed E-state index contributed by atoms with van der Waals surface area (Å²) >= 11 is 1.79. The third-order valence-corrected chi connectivity index (χ3v) is 14.9. The molecule has 0 unspecified atom stereocenters. The van der Waals surface area contributed by atoms with Crippen LogP contribution in [-0.2, 0) is 5.41 Å². The zero-order valence-corrected chi connectivity index (χ0v) is 36.8. The van der Waals surface area contributed by atoms with Gasteiger partial charge in [-0.25, -0.2) is 15.0 Å². The highest BCUT2D eigenvalue weighted by Crippen LogP contribution is 2.50. The lowest BCUT2D eigenvalue weighted by atomic mass is 9.82. The maximum absolute atomic E-state index is 6.61. The topological polar surface area (TPSA) is 65.0 Å². The number of hydrogen-bond acceptors (Lipinski definition) is 6.